The molecule has 1 aromatic carbocycles. The summed E-state index contributed by atoms with van der Waals surface area (Å²) < 4.78 is 4.60. The van der Waals surface area contributed by atoms with Gasteiger partial charge in [-0.25, -0.2) is 0 Å². The van der Waals surface area contributed by atoms with Crippen LogP contribution in [0, 0.1) is 0 Å². The van der Waals surface area contributed by atoms with E-state index in [0.717, 1.165) is 5.56 Å². The van der Waals surface area contributed by atoms with E-state index in [9.17, 15) is 4.79 Å². The highest BCUT2D eigenvalue weighted by Crippen LogP contribution is 2.07. The quantitative estimate of drug-likeness (QED) is 0.362. The Balaban J connectivity index is 2.79. The van der Waals surface area contributed by atoms with Crippen LogP contribution in [0.5, 0.6) is 0 Å². The minimum Gasteiger partial charge on any atom is -0.469 e. The highest BCUT2D eigenvalue weighted by Gasteiger charge is 2.07. The summed E-state index contributed by atoms with van der Waals surface area (Å²) in [6.45, 7) is 0. The number of thiocarbonyl (C=S) groups is 1. The molecular formula is C12H15N3O2S. The molecule has 0 bridgehead atoms. The third-order valence-corrected chi connectivity index (χ3v) is 2.29. The number of hydrazone groups is 1. The maximum absolute atomic E-state index is 11.1. The molecule has 0 aromatic heterocycles. The Morgan fingerprint density at radius 1 is 1.39 bits per heavy atom. The Kier molecular flexibility index (Phi) is 5.79. The summed E-state index contributed by atoms with van der Waals surface area (Å²) in [6, 6.07) is 9.49. The Labute approximate surface area is 111 Å². The molecule has 0 radical (unpaired) electrons. The van der Waals surface area contributed by atoms with Gasteiger partial charge < -0.3 is 10.5 Å². The normalized spacial score (nSPS) is 10.8. The summed E-state index contributed by atoms with van der Waals surface area (Å²) in [5, 5.41) is 4.18. The topological polar surface area (TPSA) is 76.7 Å². The third kappa shape index (κ3) is 4.92. The first-order chi connectivity index (χ1) is 8.63. The lowest BCUT2D eigenvalue weighted by atomic mass is 10.1. The summed E-state index contributed by atoms with van der Waals surface area (Å²) in [5.74, 6) is -0.283. The minimum absolute atomic E-state index is 0.0847. The lowest BCUT2D eigenvalue weighted by Crippen LogP contribution is -2.26. The van der Waals surface area contributed by atoms with E-state index in [1.807, 2.05) is 30.3 Å². The molecule has 0 aliphatic heterocycles. The zero-order valence-electron chi connectivity index (χ0n) is 10.1. The van der Waals surface area contributed by atoms with Crippen molar-refractivity contribution in [2.45, 2.75) is 12.8 Å². The van der Waals surface area contributed by atoms with Crippen LogP contribution < -0.4 is 11.2 Å². The number of benzene rings is 1. The number of hydrogen-bond donors (Lipinski definition) is 2. The molecule has 0 saturated heterocycles. The van der Waals surface area contributed by atoms with Crippen molar-refractivity contribution in [1.29, 1.82) is 0 Å². The Hall–Kier alpha value is -1.95. The number of rotatable bonds is 5. The molecule has 0 amide bonds. The van der Waals surface area contributed by atoms with Gasteiger partial charge in [0, 0.05) is 6.42 Å². The fraction of sp³-hybridized carbons (Fsp3) is 0.250. The van der Waals surface area contributed by atoms with E-state index in [-0.39, 0.29) is 17.5 Å². The zero-order chi connectivity index (χ0) is 13.4. The van der Waals surface area contributed by atoms with Crippen molar-refractivity contribution in [3.8, 4) is 0 Å². The largest absolute Gasteiger partial charge is 0.469 e. The van der Waals surface area contributed by atoms with Crippen LogP contribution in [0.3, 0.4) is 0 Å². The zero-order valence-corrected chi connectivity index (χ0v) is 10.9. The summed E-state index contributed by atoms with van der Waals surface area (Å²) >= 11 is 4.69. The summed E-state index contributed by atoms with van der Waals surface area (Å²) in [6.07, 6.45) is 0.704. The maximum atomic E-state index is 11.1. The van der Waals surface area contributed by atoms with Crippen molar-refractivity contribution < 1.29 is 9.53 Å². The monoisotopic (exact) mass is 265 g/mol. The van der Waals surface area contributed by atoms with Crippen LogP contribution in [0.15, 0.2) is 35.4 Å². The van der Waals surface area contributed by atoms with E-state index in [0.29, 0.717) is 12.1 Å². The molecule has 18 heavy (non-hydrogen) atoms. The van der Waals surface area contributed by atoms with E-state index in [2.05, 4.69) is 15.3 Å². The second-order valence-electron chi connectivity index (χ2n) is 3.48. The van der Waals surface area contributed by atoms with Crippen molar-refractivity contribution >= 4 is 29.0 Å². The smallest absolute Gasteiger partial charge is 0.305 e. The number of esters is 1. The second-order valence-corrected chi connectivity index (χ2v) is 3.92. The molecule has 0 aliphatic rings. The summed E-state index contributed by atoms with van der Waals surface area (Å²) in [7, 11) is 1.36. The Morgan fingerprint density at radius 3 is 2.61 bits per heavy atom. The fourth-order valence-electron chi connectivity index (χ4n) is 1.34. The van der Waals surface area contributed by atoms with Gasteiger partial charge in [-0.2, -0.15) is 5.10 Å². The van der Waals surface area contributed by atoms with Crippen LogP contribution in [-0.4, -0.2) is 23.9 Å². The van der Waals surface area contributed by atoms with Gasteiger partial charge in [0.25, 0.3) is 0 Å². The van der Waals surface area contributed by atoms with Gasteiger partial charge in [-0.05, 0) is 17.8 Å². The van der Waals surface area contributed by atoms with E-state index in [4.69, 9.17) is 18.0 Å². The number of hydrogen-bond acceptors (Lipinski definition) is 4. The number of nitrogens with two attached hydrogens (primary N) is 1. The highest BCUT2D eigenvalue weighted by atomic mass is 32.1. The molecule has 1 rings (SSSR count). The van der Waals surface area contributed by atoms with Gasteiger partial charge in [0.1, 0.15) is 0 Å². The average molecular weight is 265 g/mol. The first kappa shape index (κ1) is 14.1. The van der Waals surface area contributed by atoms with Gasteiger partial charge >= 0.3 is 5.97 Å². The molecule has 0 fully saturated rings. The molecule has 0 spiro atoms. The Morgan fingerprint density at radius 2 is 2.06 bits per heavy atom. The van der Waals surface area contributed by atoms with Gasteiger partial charge in [0.05, 0.1) is 19.2 Å². The molecule has 3 N–H and O–H groups in total. The SMILES string of the molecule is COC(=O)CCC(=NNC(N)=S)c1ccccc1. The lowest BCUT2D eigenvalue weighted by Gasteiger charge is -2.06. The molecule has 0 aliphatic carbocycles. The number of ether oxygens (including phenoxy) is 1. The van der Waals surface area contributed by atoms with Gasteiger partial charge in [0.15, 0.2) is 5.11 Å². The van der Waals surface area contributed by atoms with Crippen molar-refractivity contribution in [2.75, 3.05) is 7.11 Å². The van der Waals surface area contributed by atoms with Crippen molar-refractivity contribution in [3.63, 3.8) is 0 Å². The number of methoxy groups -OCH3 is 1. The van der Waals surface area contributed by atoms with E-state index in [1.54, 1.807) is 0 Å². The molecule has 96 valence electrons. The standard InChI is InChI=1S/C12H15N3O2S/c1-17-11(16)8-7-10(14-15-12(13)18)9-5-3-2-4-6-9/h2-6H,7-8H2,1H3,(H3,13,15,18). The molecule has 0 atom stereocenters. The molecule has 5 nitrogen and oxygen atoms in total. The minimum atomic E-state index is -0.283. The number of nitrogens with one attached hydrogen (secondary N) is 1. The number of nitrogens with zero attached hydrogens (tertiary/aromatic N) is 1. The van der Waals surface area contributed by atoms with Crippen molar-refractivity contribution in [2.24, 2.45) is 10.8 Å². The van der Waals surface area contributed by atoms with E-state index >= 15 is 0 Å². The average Bonchev–Trinajstić information content (AvgIpc) is 2.39. The Bertz CT molecular complexity index is 446. The molecular weight excluding hydrogens is 250 g/mol. The van der Waals surface area contributed by atoms with E-state index < -0.39 is 0 Å². The van der Waals surface area contributed by atoms with Crippen LogP contribution in [0.25, 0.3) is 0 Å². The maximum Gasteiger partial charge on any atom is 0.305 e. The van der Waals surface area contributed by atoms with Gasteiger partial charge in [-0.3, -0.25) is 10.2 Å². The predicted molar refractivity (Wildman–Crippen MR) is 74.2 cm³/mol. The molecule has 1 aromatic rings. The van der Waals surface area contributed by atoms with E-state index in [1.165, 1.54) is 7.11 Å². The van der Waals surface area contributed by atoms with Crippen molar-refractivity contribution in [3.05, 3.63) is 35.9 Å². The molecule has 0 saturated carbocycles. The summed E-state index contributed by atoms with van der Waals surface area (Å²) in [4.78, 5) is 11.1. The molecule has 6 heteroatoms. The highest BCUT2D eigenvalue weighted by molar-refractivity contribution is 7.80. The van der Waals surface area contributed by atoms with Crippen LogP contribution in [0.1, 0.15) is 18.4 Å². The van der Waals surface area contributed by atoms with Gasteiger partial charge in [0.2, 0.25) is 0 Å². The lowest BCUT2D eigenvalue weighted by molar-refractivity contribution is -0.140. The van der Waals surface area contributed by atoms with Crippen molar-refractivity contribution in [1.82, 2.24) is 5.43 Å². The van der Waals surface area contributed by atoms with Gasteiger partial charge in [-0.1, -0.05) is 30.3 Å². The third-order valence-electron chi connectivity index (χ3n) is 2.20. The molecule has 0 unspecified atom stereocenters. The fourth-order valence-corrected chi connectivity index (χ4v) is 1.39. The van der Waals surface area contributed by atoms with Crippen LogP contribution >= 0.6 is 12.2 Å². The first-order valence-electron chi connectivity index (χ1n) is 5.37. The first-order valence-corrected chi connectivity index (χ1v) is 5.78. The number of carbonyl (C=O) groups excluding carboxylic acids is 1. The number of carbonyl (C=O) groups is 1. The second kappa shape index (κ2) is 7.39. The van der Waals surface area contributed by atoms with Crippen LogP contribution in [0.2, 0.25) is 0 Å². The summed E-state index contributed by atoms with van der Waals surface area (Å²) in [5.41, 5.74) is 9.46. The van der Waals surface area contributed by atoms with Crippen LogP contribution in [0.4, 0.5) is 0 Å². The van der Waals surface area contributed by atoms with Crippen LogP contribution in [-0.2, 0) is 9.53 Å². The van der Waals surface area contributed by atoms with Gasteiger partial charge in [-0.15, -0.1) is 0 Å². The molecule has 0 heterocycles. The predicted octanol–water partition coefficient (Wildman–Crippen LogP) is 1.18.